The molecule has 4 heteroatoms. The first-order valence-corrected chi connectivity index (χ1v) is 7.87. The van der Waals surface area contributed by atoms with E-state index >= 15 is 0 Å². The quantitative estimate of drug-likeness (QED) is 0.848. The number of nitrogens with zero attached hydrogens (tertiary/aromatic N) is 2. The monoisotopic (exact) mass is 288 g/mol. The van der Waals surface area contributed by atoms with E-state index in [0.29, 0.717) is 0 Å². The standard InChI is InChI=1S/C17H24N2O2/c1-18-9-7-16(8-10-18)21-13-17(20)19-11-6-14-4-2-3-5-15(14)12-19/h2-5,16H,6-13H2,1H3. The van der Waals surface area contributed by atoms with Gasteiger partial charge in [0, 0.05) is 26.2 Å². The summed E-state index contributed by atoms with van der Waals surface area (Å²) in [4.78, 5) is 16.5. The zero-order valence-corrected chi connectivity index (χ0v) is 12.8. The lowest BCUT2D eigenvalue weighted by Crippen LogP contribution is -2.40. The van der Waals surface area contributed by atoms with Gasteiger partial charge in [0.05, 0.1) is 6.10 Å². The molecule has 2 aliphatic rings. The van der Waals surface area contributed by atoms with Crippen molar-refractivity contribution in [2.24, 2.45) is 0 Å². The molecule has 1 fully saturated rings. The van der Waals surface area contributed by atoms with Gasteiger partial charge in [0.1, 0.15) is 6.61 Å². The molecule has 1 aromatic rings. The van der Waals surface area contributed by atoms with Crippen LogP contribution in [-0.2, 0) is 22.5 Å². The Kier molecular flexibility index (Phi) is 4.56. The predicted octanol–water partition coefficient (Wildman–Crippen LogP) is 1.68. The lowest BCUT2D eigenvalue weighted by molar-refractivity contribution is -0.140. The van der Waals surface area contributed by atoms with Crippen LogP contribution in [0.2, 0.25) is 0 Å². The van der Waals surface area contributed by atoms with Crippen molar-refractivity contribution in [1.82, 2.24) is 9.80 Å². The van der Waals surface area contributed by atoms with Crippen LogP contribution in [0, 0.1) is 0 Å². The highest BCUT2D eigenvalue weighted by Crippen LogP contribution is 2.19. The Morgan fingerprint density at radius 1 is 1.19 bits per heavy atom. The van der Waals surface area contributed by atoms with Gasteiger partial charge in [0.25, 0.3) is 0 Å². The fourth-order valence-corrected chi connectivity index (χ4v) is 3.14. The first-order chi connectivity index (χ1) is 10.2. The van der Waals surface area contributed by atoms with Gasteiger partial charge in [-0.3, -0.25) is 4.79 Å². The molecule has 0 aromatic heterocycles. The van der Waals surface area contributed by atoms with Gasteiger partial charge in [-0.2, -0.15) is 0 Å². The third-order valence-electron chi connectivity index (χ3n) is 4.59. The third-order valence-corrected chi connectivity index (χ3v) is 4.59. The van der Waals surface area contributed by atoms with Crippen molar-refractivity contribution >= 4 is 5.91 Å². The van der Waals surface area contributed by atoms with Gasteiger partial charge in [-0.1, -0.05) is 24.3 Å². The summed E-state index contributed by atoms with van der Waals surface area (Å²) in [5.74, 6) is 0.128. The van der Waals surface area contributed by atoms with Gasteiger partial charge in [-0.25, -0.2) is 0 Å². The number of hydrogen-bond acceptors (Lipinski definition) is 3. The largest absolute Gasteiger partial charge is 0.368 e. The molecular formula is C17H24N2O2. The fourth-order valence-electron chi connectivity index (χ4n) is 3.14. The molecule has 0 aliphatic carbocycles. The summed E-state index contributed by atoms with van der Waals surface area (Å²) in [5, 5.41) is 0. The van der Waals surface area contributed by atoms with Crippen molar-refractivity contribution in [3.8, 4) is 0 Å². The second-order valence-corrected chi connectivity index (χ2v) is 6.15. The van der Waals surface area contributed by atoms with Crippen molar-refractivity contribution in [2.75, 3.05) is 33.3 Å². The van der Waals surface area contributed by atoms with E-state index in [-0.39, 0.29) is 18.6 Å². The molecule has 3 rings (SSSR count). The summed E-state index contributed by atoms with van der Waals surface area (Å²) in [6.45, 7) is 3.90. The maximum Gasteiger partial charge on any atom is 0.248 e. The van der Waals surface area contributed by atoms with Crippen LogP contribution < -0.4 is 0 Å². The highest BCUT2D eigenvalue weighted by molar-refractivity contribution is 5.77. The molecule has 0 radical (unpaired) electrons. The van der Waals surface area contributed by atoms with Crippen LogP contribution in [-0.4, -0.2) is 55.1 Å². The van der Waals surface area contributed by atoms with Crippen molar-refractivity contribution in [3.05, 3.63) is 35.4 Å². The molecule has 0 spiro atoms. The molecule has 0 bridgehead atoms. The van der Waals surface area contributed by atoms with Crippen LogP contribution in [0.1, 0.15) is 24.0 Å². The Balaban J connectivity index is 1.48. The predicted molar refractivity (Wildman–Crippen MR) is 82.0 cm³/mol. The lowest BCUT2D eigenvalue weighted by Gasteiger charge is -2.31. The van der Waals surface area contributed by atoms with E-state index in [4.69, 9.17) is 4.74 Å². The van der Waals surface area contributed by atoms with E-state index < -0.39 is 0 Å². The number of rotatable bonds is 3. The molecule has 0 N–H and O–H groups in total. The minimum atomic E-state index is 0.128. The Bertz CT molecular complexity index is 495. The molecule has 21 heavy (non-hydrogen) atoms. The summed E-state index contributed by atoms with van der Waals surface area (Å²) in [5.41, 5.74) is 2.65. The zero-order valence-electron chi connectivity index (χ0n) is 12.8. The number of amides is 1. The highest BCUT2D eigenvalue weighted by Gasteiger charge is 2.22. The van der Waals surface area contributed by atoms with Crippen LogP contribution in [0.3, 0.4) is 0 Å². The van der Waals surface area contributed by atoms with Gasteiger partial charge in [-0.15, -0.1) is 0 Å². The average molecular weight is 288 g/mol. The Morgan fingerprint density at radius 2 is 1.90 bits per heavy atom. The molecule has 1 aromatic carbocycles. The van der Waals surface area contributed by atoms with E-state index in [9.17, 15) is 4.79 Å². The summed E-state index contributed by atoms with van der Waals surface area (Å²) >= 11 is 0. The van der Waals surface area contributed by atoms with Gasteiger partial charge in [0.15, 0.2) is 0 Å². The molecule has 1 saturated heterocycles. The van der Waals surface area contributed by atoms with Crippen molar-refractivity contribution < 1.29 is 9.53 Å². The topological polar surface area (TPSA) is 32.8 Å². The highest BCUT2D eigenvalue weighted by atomic mass is 16.5. The number of fused-ring (bicyclic) bond motifs is 1. The van der Waals surface area contributed by atoms with Crippen LogP contribution in [0.25, 0.3) is 0 Å². The molecule has 114 valence electrons. The van der Waals surface area contributed by atoms with E-state index in [0.717, 1.165) is 45.4 Å². The summed E-state index contributed by atoms with van der Waals surface area (Å²) < 4.78 is 5.82. The average Bonchev–Trinajstić information content (AvgIpc) is 2.53. The fraction of sp³-hybridized carbons (Fsp3) is 0.588. The van der Waals surface area contributed by atoms with Crippen LogP contribution in [0.4, 0.5) is 0 Å². The second-order valence-electron chi connectivity index (χ2n) is 6.15. The molecule has 0 unspecified atom stereocenters. The molecule has 2 heterocycles. The van der Waals surface area contributed by atoms with E-state index in [1.54, 1.807) is 0 Å². The van der Waals surface area contributed by atoms with Crippen molar-refractivity contribution in [1.29, 1.82) is 0 Å². The minimum absolute atomic E-state index is 0.128. The zero-order chi connectivity index (χ0) is 14.7. The van der Waals surface area contributed by atoms with Crippen LogP contribution >= 0.6 is 0 Å². The smallest absolute Gasteiger partial charge is 0.248 e. The first kappa shape index (κ1) is 14.5. The van der Waals surface area contributed by atoms with E-state index in [1.807, 2.05) is 11.0 Å². The molecule has 1 amide bonds. The maximum absolute atomic E-state index is 12.3. The third kappa shape index (κ3) is 3.63. The Labute approximate surface area is 126 Å². The first-order valence-electron chi connectivity index (χ1n) is 7.87. The molecule has 4 nitrogen and oxygen atoms in total. The van der Waals surface area contributed by atoms with Gasteiger partial charge in [0.2, 0.25) is 5.91 Å². The van der Waals surface area contributed by atoms with Crippen molar-refractivity contribution in [3.63, 3.8) is 0 Å². The van der Waals surface area contributed by atoms with Gasteiger partial charge >= 0.3 is 0 Å². The maximum atomic E-state index is 12.3. The number of likely N-dealkylation sites (tertiary alicyclic amines) is 1. The van der Waals surface area contributed by atoms with Crippen LogP contribution in [0.15, 0.2) is 24.3 Å². The number of carbonyl (C=O) groups excluding carboxylic acids is 1. The second kappa shape index (κ2) is 6.58. The lowest BCUT2D eigenvalue weighted by atomic mass is 10.00. The Morgan fingerprint density at radius 3 is 2.67 bits per heavy atom. The normalized spacial score (nSPS) is 20.3. The Hall–Kier alpha value is -1.39. The van der Waals surface area contributed by atoms with Crippen molar-refractivity contribution in [2.45, 2.75) is 31.9 Å². The molecular weight excluding hydrogens is 264 g/mol. The SMILES string of the molecule is CN1CCC(OCC(=O)N2CCc3ccccc3C2)CC1. The number of ether oxygens (including phenoxy) is 1. The van der Waals surface area contributed by atoms with Gasteiger partial charge in [-0.05, 0) is 37.4 Å². The number of hydrogen-bond donors (Lipinski definition) is 0. The molecule has 0 atom stereocenters. The molecule has 0 saturated carbocycles. The summed E-state index contributed by atoms with van der Waals surface area (Å²) in [6, 6.07) is 8.39. The molecule has 2 aliphatic heterocycles. The number of benzene rings is 1. The number of piperidine rings is 1. The minimum Gasteiger partial charge on any atom is -0.368 e. The van der Waals surface area contributed by atoms with E-state index in [2.05, 4.69) is 30.1 Å². The van der Waals surface area contributed by atoms with Gasteiger partial charge < -0.3 is 14.5 Å². The number of carbonyl (C=O) groups is 1. The summed E-state index contributed by atoms with van der Waals surface area (Å²) in [7, 11) is 2.13. The van der Waals surface area contributed by atoms with E-state index in [1.165, 1.54) is 11.1 Å². The summed E-state index contributed by atoms with van der Waals surface area (Å²) in [6.07, 6.45) is 3.28. The van der Waals surface area contributed by atoms with Crippen LogP contribution in [0.5, 0.6) is 0 Å².